The Labute approximate surface area is 114 Å². The van der Waals surface area contributed by atoms with Crippen LogP contribution in [0.15, 0.2) is 36.4 Å². The normalized spacial score (nSPS) is 10.2. The van der Waals surface area contributed by atoms with Crippen LogP contribution in [0.4, 0.5) is 8.78 Å². The lowest BCUT2D eigenvalue weighted by Crippen LogP contribution is -2.03. The number of ketones is 1. The summed E-state index contributed by atoms with van der Waals surface area (Å²) in [6, 6.07) is 7.62. The lowest BCUT2D eigenvalue weighted by atomic mass is 10.0. The van der Waals surface area contributed by atoms with Gasteiger partial charge in [-0.2, -0.15) is 0 Å². The highest BCUT2D eigenvalue weighted by Gasteiger charge is 2.14. The first-order chi connectivity index (χ1) is 9.56. The number of ether oxygens (including phenoxy) is 2. The van der Waals surface area contributed by atoms with E-state index in [0.717, 1.165) is 12.1 Å². The van der Waals surface area contributed by atoms with Crippen molar-refractivity contribution in [2.45, 2.75) is 0 Å². The monoisotopic (exact) mass is 278 g/mol. The van der Waals surface area contributed by atoms with E-state index in [9.17, 15) is 13.6 Å². The molecule has 2 rings (SSSR count). The Bertz CT molecular complexity index is 654. The van der Waals surface area contributed by atoms with Crippen molar-refractivity contribution in [2.24, 2.45) is 0 Å². The van der Waals surface area contributed by atoms with E-state index in [2.05, 4.69) is 0 Å². The van der Waals surface area contributed by atoms with Crippen molar-refractivity contribution in [3.63, 3.8) is 0 Å². The molecule has 0 unspecified atom stereocenters. The lowest BCUT2D eigenvalue weighted by molar-refractivity contribution is 0.103. The molecule has 0 saturated heterocycles. The van der Waals surface area contributed by atoms with Gasteiger partial charge in [0, 0.05) is 11.1 Å². The number of hydrogen-bond acceptors (Lipinski definition) is 3. The van der Waals surface area contributed by atoms with Gasteiger partial charge in [-0.25, -0.2) is 8.78 Å². The molecule has 0 heterocycles. The fourth-order valence-corrected chi connectivity index (χ4v) is 1.78. The summed E-state index contributed by atoms with van der Waals surface area (Å²) in [5.41, 5.74) is 0.366. The minimum atomic E-state index is -1.06. The molecule has 3 nitrogen and oxygen atoms in total. The fourth-order valence-electron chi connectivity index (χ4n) is 1.78. The number of halogens is 2. The smallest absolute Gasteiger partial charge is 0.193 e. The average molecular weight is 278 g/mol. The molecule has 0 atom stereocenters. The van der Waals surface area contributed by atoms with Crippen molar-refractivity contribution >= 4 is 5.78 Å². The molecule has 0 fully saturated rings. The minimum Gasteiger partial charge on any atom is -0.493 e. The Morgan fingerprint density at radius 2 is 1.45 bits per heavy atom. The quantitative estimate of drug-likeness (QED) is 0.806. The predicted molar refractivity (Wildman–Crippen MR) is 69.3 cm³/mol. The summed E-state index contributed by atoms with van der Waals surface area (Å²) in [6.07, 6.45) is 0. The third-order valence-corrected chi connectivity index (χ3v) is 2.83. The second-order valence-corrected chi connectivity index (χ2v) is 4.03. The van der Waals surface area contributed by atoms with E-state index in [1.807, 2.05) is 0 Å². The summed E-state index contributed by atoms with van der Waals surface area (Å²) < 4.78 is 36.2. The van der Waals surface area contributed by atoms with Gasteiger partial charge in [-0.1, -0.05) is 0 Å². The molecule has 0 radical (unpaired) electrons. The third-order valence-electron chi connectivity index (χ3n) is 2.83. The maximum atomic E-state index is 13.1. The molecule has 0 saturated carbocycles. The Morgan fingerprint density at radius 3 is 2.05 bits per heavy atom. The van der Waals surface area contributed by atoms with Crippen molar-refractivity contribution in [1.82, 2.24) is 0 Å². The zero-order chi connectivity index (χ0) is 14.7. The van der Waals surface area contributed by atoms with Crippen LogP contribution in [0.25, 0.3) is 0 Å². The van der Waals surface area contributed by atoms with Crippen LogP contribution in [0.1, 0.15) is 15.9 Å². The molecule has 0 N–H and O–H groups in total. The number of carbonyl (C=O) groups is 1. The molecule has 0 bridgehead atoms. The zero-order valence-corrected chi connectivity index (χ0v) is 10.9. The highest BCUT2D eigenvalue weighted by molar-refractivity contribution is 6.09. The van der Waals surface area contributed by atoms with Crippen molar-refractivity contribution in [3.8, 4) is 11.5 Å². The highest BCUT2D eigenvalue weighted by atomic mass is 19.2. The van der Waals surface area contributed by atoms with E-state index in [4.69, 9.17) is 9.47 Å². The van der Waals surface area contributed by atoms with E-state index in [1.165, 1.54) is 32.4 Å². The molecule has 0 aliphatic rings. The zero-order valence-electron chi connectivity index (χ0n) is 10.9. The molecule has 2 aromatic carbocycles. The molecule has 5 heteroatoms. The molecule has 0 aromatic heterocycles. The topological polar surface area (TPSA) is 35.5 Å². The molecule has 104 valence electrons. The Morgan fingerprint density at radius 1 is 0.850 bits per heavy atom. The van der Waals surface area contributed by atoms with Crippen molar-refractivity contribution in [2.75, 3.05) is 14.2 Å². The molecule has 0 aliphatic heterocycles. The first kappa shape index (κ1) is 14.0. The van der Waals surface area contributed by atoms with Crippen LogP contribution in [0.3, 0.4) is 0 Å². The van der Waals surface area contributed by atoms with Crippen molar-refractivity contribution < 1.29 is 23.0 Å². The molecular weight excluding hydrogens is 266 g/mol. The molecule has 20 heavy (non-hydrogen) atoms. The highest BCUT2D eigenvalue weighted by Crippen LogP contribution is 2.28. The largest absolute Gasteiger partial charge is 0.493 e. The molecular formula is C15H12F2O3. The van der Waals surface area contributed by atoms with Crippen LogP contribution in [0.2, 0.25) is 0 Å². The Hall–Kier alpha value is -2.43. The van der Waals surface area contributed by atoms with E-state index >= 15 is 0 Å². The summed E-state index contributed by atoms with van der Waals surface area (Å²) in [6.45, 7) is 0. The van der Waals surface area contributed by atoms with Gasteiger partial charge in [0.1, 0.15) is 0 Å². The Balaban J connectivity index is 2.40. The first-order valence-electron chi connectivity index (χ1n) is 5.78. The van der Waals surface area contributed by atoms with Gasteiger partial charge in [0.05, 0.1) is 14.2 Å². The fraction of sp³-hybridized carbons (Fsp3) is 0.133. The van der Waals surface area contributed by atoms with Gasteiger partial charge < -0.3 is 9.47 Å². The molecule has 2 aromatic rings. The van der Waals surface area contributed by atoms with E-state index < -0.39 is 17.4 Å². The van der Waals surface area contributed by atoms with Crippen LogP contribution >= 0.6 is 0 Å². The van der Waals surface area contributed by atoms with Gasteiger partial charge in [0.15, 0.2) is 28.9 Å². The van der Waals surface area contributed by atoms with Gasteiger partial charge in [-0.05, 0) is 36.4 Å². The Kier molecular flexibility index (Phi) is 3.98. The maximum absolute atomic E-state index is 13.1. The molecule has 0 spiro atoms. The van der Waals surface area contributed by atoms with Gasteiger partial charge in [0.2, 0.25) is 0 Å². The number of methoxy groups -OCH3 is 2. The summed E-state index contributed by atoms with van der Waals surface area (Å²) in [5.74, 6) is -1.61. The van der Waals surface area contributed by atoms with Gasteiger partial charge >= 0.3 is 0 Å². The summed E-state index contributed by atoms with van der Waals surface area (Å²) >= 11 is 0. The summed E-state index contributed by atoms with van der Waals surface area (Å²) in [5, 5.41) is 0. The van der Waals surface area contributed by atoms with E-state index in [1.54, 1.807) is 6.07 Å². The van der Waals surface area contributed by atoms with Gasteiger partial charge in [0.25, 0.3) is 0 Å². The average Bonchev–Trinajstić information content (AvgIpc) is 2.48. The third kappa shape index (κ3) is 2.61. The second-order valence-electron chi connectivity index (χ2n) is 4.03. The number of carbonyl (C=O) groups excluding carboxylic acids is 1. The van der Waals surface area contributed by atoms with Crippen LogP contribution in [0.5, 0.6) is 11.5 Å². The first-order valence-corrected chi connectivity index (χ1v) is 5.78. The molecule has 0 amide bonds. The van der Waals surface area contributed by atoms with Gasteiger partial charge in [-0.3, -0.25) is 4.79 Å². The van der Waals surface area contributed by atoms with Crippen LogP contribution in [-0.2, 0) is 0 Å². The summed E-state index contributed by atoms with van der Waals surface area (Å²) in [7, 11) is 2.93. The van der Waals surface area contributed by atoms with Crippen LogP contribution < -0.4 is 9.47 Å². The SMILES string of the molecule is COc1ccc(C(=O)c2ccc(F)c(F)c2)cc1OC. The lowest BCUT2D eigenvalue weighted by Gasteiger charge is -2.09. The summed E-state index contributed by atoms with van der Waals surface area (Å²) in [4.78, 5) is 12.2. The second kappa shape index (κ2) is 5.69. The van der Waals surface area contributed by atoms with Crippen molar-refractivity contribution in [3.05, 3.63) is 59.2 Å². The van der Waals surface area contributed by atoms with Gasteiger partial charge in [-0.15, -0.1) is 0 Å². The van der Waals surface area contributed by atoms with Crippen LogP contribution in [-0.4, -0.2) is 20.0 Å². The van der Waals surface area contributed by atoms with Crippen molar-refractivity contribution in [1.29, 1.82) is 0 Å². The standard InChI is InChI=1S/C15H12F2O3/c1-19-13-6-4-10(8-14(13)20-2)15(18)9-3-5-11(16)12(17)7-9/h3-8H,1-2H3. The maximum Gasteiger partial charge on any atom is 0.193 e. The number of rotatable bonds is 4. The number of hydrogen-bond donors (Lipinski definition) is 0. The predicted octanol–water partition coefficient (Wildman–Crippen LogP) is 3.21. The van der Waals surface area contributed by atoms with Crippen LogP contribution in [0, 0.1) is 11.6 Å². The molecule has 0 aliphatic carbocycles. The van der Waals surface area contributed by atoms with E-state index in [0.29, 0.717) is 17.1 Å². The van der Waals surface area contributed by atoms with E-state index in [-0.39, 0.29) is 5.56 Å². The minimum absolute atomic E-state index is 0.0659. The number of benzene rings is 2.